The van der Waals surface area contributed by atoms with Gasteiger partial charge in [0, 0.05) is 9.90 Å². The van der Waals surface area contributed by atoms with Crippen molar-refractivity contribution in [2.75, 3.05) is 17.7 Å². The normalized spacial score (nSPS) is 13.5. The number of ether oxygens (including phenoxy) is 1. The molecule has 26 heavy (non-hydrogen) atoms. The highest BCUT2D eigenvalue weighted by atomic mass is 35.5. The number of fused-ring (bicyclic) bond motifs is 1. The number of aryl methyl sites for hydroxylation is 1. The van der Waals surface area contributed by atoms with Gasteiger partial charge >= 0.3 is 5.97 Å². The number of hydrogen-bond acceptors (Lipinski definition) is 4. The molecule has 3 rings (SSSR count). The van der Waals surface area contributed by atoms with Gasteiger partial charge in [-0.3, -0.25) is 0 Å². The highest BCUT2D eigenvalue weighted by Crippen LogP contribution is 2.38. The lowest BCUT2D eigenvalue weighted by Crippen LogP contribution is -2.21. The molecule has 1 aromatic carbocycles. The Morgan fingerprint density at radius 3 is 2.77 bits per heavy atom. The van der Waals surface area contributed by atoms with E-state index in [2.05, 4.69) is 10.6 Å². The Bertz CT molecular complexity index is 854. The van der Waals surface area contributed by atoms with Gasteiger partial charge in [0.15, 0.2) is 5.11 Å². The topological polar surface area (TPSA) is 50.4 Å². The molecule has 0 saturated carbocycles. The number of methoxy groups -OCH3 is 1. The predicted octanol–water partition coefficient (Wildman–Crippen LogP) is 5.41. The number of rotatable bonds is 3. The summed E-state index contributed by atoms with van der Waals surface area (Å²) in [7, 11) is 1.37. The predicted molar refractivity (Wildman–Crippen MR) is 108 cm³/mol. The highest BCUT2D eigenvalue weighted by molar-refractivity contribution is 7.80. The van der Waals surface area contributed by atoms with Crippen molar-refractivity contribution in [3.05, 3.63) is 45.0 Å². The summed E-state index contributed by atoms with van der Waals surface area (Å²) in [5.74, 6) is -0.885. The largest absolute Gasteiger partial charge is 0.465 e. The van der Waals surface area contributed by atoms with E-state index < -0.39 is 5.82 Å². The van der Waals surface area contributed by atoms with Crippen LogP contribution in [0.4, 0.5) is 15.1 Å². The minimum atomic E-state index is -0.503. The summed E-state index contributed by atoms with van der Waals surface area (Å²) < 4.78 is 18.9. The second-order valence-corrected chi connectivity index (χ2v) is 7.91. The lowest BCUT2D eigenvalue weighted by molar-refractivity contribution is 0.0601. The van der Waals surface area contributed by atoms with Crippen molar-refractivity contribution in [3.63, 3.8) is 0 Å². The monoisotopic (exact) mass is 412 g/mol. The first-order valence-electron chi connectivity index (χ1n) is 8.25. The van der Waals surface area contributed by atoms with Crippen LogP contribution in [0.2, 0.25) is 5.02 Å². The molecule has 1 aliphatic rings. The molecule has 0 bridgehead atoms. The van der Waals surface area contributed by atoms with Gasteiger partial charge in [0.1, 0.15) is 10.8 Å². The number of benzene rings is 1. The maximum atomic E-state index is 13.9. The zero-order valence-electron chi connectivity index (χ0n) is 14.2. The maximum absolute atomic E-state index is 13.9. The van der Waals surface area contributed by atoms with Crippen molar-refractivity contribution in [1.29, 1.82) is 0 Å². The van der Waals surface area contributed by atoms with Crippen LogP contribution >= 0.6 is 35.2 Å². The molecular formula is C18H18ClFN2O2S2. The van der Waals surface area contributed by atoms with Gasteiger partial charge in [0.25, 0.3) is 0 Å². The van der Waals surface area contributed by atoms with Crippen molar-refractivity contribution in [1.82, 2.24) is 0 Å². The average Bonchev–Trinajstić information content (AvgIpc) is 2.77. The summed E-state index contributed by atoms with van der Waals surface area (Å²) in [6.07, 6.45) is 5.10. The summed E-state index contributed by atoms with van der Waals surface area (Å²) in [6.45, 7) is 0. The van der Waals surface area contributed by atoms with Gasteiger partial charge in [-0.1, -0.05) is 18.0 Å². The van der Waals surface area contributed by atoms with Crippen molar-refractivity contribution in [3.8, 4) is 0 Å². The number of nitrogens with one attached hydrogen (secondary N) is 2. The summed E-state index contributed by atoms with van der Waals surface area (Å²) in [4.78, 5) is 13.5. The van der Waals surface area contributed by atoms with Gasteiger partial charge in [0.05, 0.1) is 18.4 Å². The summed E-state index contributed by atoms with van der Waals surface area (Å²) in [5, 5.41) is 6.98. The first-order valence-corrected chi connectivity index (χ1v) is 9.85. The summed E-state index contributed by atoms with van der Waals surface area (Å²) >= 11 is 12.6. The van der Waals surface area contributed by atoms with Crippen LogP contribution in [-0.4, -0.2) is 18.2 Å². The number of hydrogen-bond donors (Lipinski definition) is 2. The molecular weight excluding hydrogens is 395 g/mol. The van der Waals surface area contributed by atoms with Crippen LogP contribution in [0.5, 0.6) is 0 Å². The van der Waals surface area contributed by atoms with E-state index in [1.807, 2.05) is 0 Å². The fraction of sp³-hybridized carbons (Fsp3) is 0.333. The van der Waals surface area contributed by atoms with Gasteiger partial charge in [0.2, 0.25) is 0 Å². The molecule has 0 unspecified atom stereocenters. The van der Waals surface area contributed by atoms with Crippen LogP contribution < -0.4 is 10.6 Å². The Kier molecular flexibility index (Phi) is 6.11. The van der Waals surface area contributed by atoms with Gasteiger partial charge in [-0.25, -0.2) is 9.18 Å². The molecule has 0 spiro atoms. The molecule has 0 fully saturated rings. The van der Waals surface area contributed by atoms with E-state index in [1.54, 1.807) is 6.07 Å². The standard InChI is InChI=1S/C18H18ClFN2O2S2/c1-24-17(23)15-11-5-3-2-4-6-14(11)26-16(15)22-18(25)21-13-8-7-10(19)9-12(13)20/h7-9H,2-6H2,1H3,(H2,21,22,25). The number of esters is 1. The third kappa shape index (κ3) is 4.16. The fourth-order valence-corrected chi connectivity index (χ4v) is 4.71. The molecule has 2 aromatic rings. The molecule has 2 N–H and O–H groups in total. The van der Waals surface area contributed by atoms with E-state index in [0.717, 1.165) is 37.7 Å². The van der Waals surface area contributed by atoms with Crippen molar-refractivity contribution < 1.29 is 13.9 Å². The molecule has 0 saturated heterocycles. The lowest BCUT2D eigenvalue weighted by atomic mass is 10.1. The van der Waals surface area contributed by atoms with Crippen molar-refractivity contribution in [2.45, 2.75) is 32.1 Å². The lowest BCUT2D eigenvalue weighted by Gasteiger charge is -2.12. The molecule has 1 aliphatic carbocycles. The maximum Gasteiger partial charge on any atom is 0.341 e. The molecule has 1 aromatic heterocycles. The van der Waals surface area contributed by atoms with Crippen LogP contribution in [0, 0.1) is 5.82 Å². The highest BCUT2D eigenvalue weighted by Gasteiger charge is 2.25. The van der Waals surface area contributed by atoms with E-state index in [0.29, 0.717) is 15.6 Å². The second-order valence-electron chi connectivity index (χ2n) is 5.96. The quantitative estimate of drug-likeness (QED) is 0.401. The van der Waals surface area contributed by atoms with Crippen molar-refractivity contribution in [2.24, 2.45) is 0 Å². The van der Waals surface area contributed by atoms with E-state index in [9.17, 15) is 9.18 Å². The molecule has 1 heterocycles. The van der Waals surface area contributed by atoms with Crippen LogP contribution in [-0.2, 0) is 17.6 Å². The Morgan fingerprint density at radius 2 is 2.04 bits per heavy atom. The van der Waals surface area contributed by atoms with Crippen LogP contribution in [0.3, 0.4) is 0 Å². The zero-order valence-corrected chi connectivity index (χ0v) is 16.5. The van der Waals surface area contributed by atoms with E-state index in [4.69, 9.17) is 28.6 Å². The zero-order chi connectivity index (χ0) is 18.7. The molecule has 8 heteroatoms. The number of thiocarbonyl (C=S) groups is 1. The Morgan fingerprint density at radius 1 is 1.27 bits per heavy atom. The van der Waals surface area contributed by atoms with E-state index in [1.165, 1.54) is 35.5 Å². The third-order valence-electron chi connectivity index (χ3n) is 4.22. The van der Waals surface area contributed by atoms with Crippen LogP contribution in [0.15, 0.2) is 18.2 Å². The van der Waals surface area contributed by atoms with Gasteiger partial charge in [-0.05, 0) is 61.7 Å². The first kappa shape index (κ1) is 19.1. The van der Waals surface area contributed by atoms with E-state index in [-0.39, 0.29) is 16.8 Å². The van der Waals surface area contributed by atoms with Gasteiger partial charge < -0.3 is 15.4 Å². The Balaban J connectivity index is 1.84. The van der Waals surface area contributed by atoms with Gasteiger partial charge in [-0.15, -0.1) is 11.3 Å². The Hall–Kier alpha value is -1.70. The summed E-state index contributed by atoms with van der Waals surface area (Å²) in [6, 6.07) is 4.29. The molecule has 4 nitrogen and oxygen atoms in total. The number of carbonyl (C=O) groups is 1. The minimum Gasteiger partial charge on any atom is -0.465 e. The van der Waals surface area contributed by atoms with Crippen molar-refractivity contribution >= 4 is 56.9 Å². The third-order valence-corrected chi connectivity index (χ3v) is 5.86. The Labute approximate surface area is 165 Å². The number of carbonyl (C=O) groups excluding carboxylic acids is 1. The summed E-state index contributed by atoms with van der Waals surface area (Å²) in [5.41, 5.74) is 1.79. The number of halogens is 2. The number of thiophene rings is 1. The van der Waals surface area contributed by atoms with E-state index >= 15 is 0 Å². The molecule has 138 valence electrons. The molecule has 0 aliphatic heterocycles. The van der Waals surface area contributed by atoms with Crippen LogP contribution in [0.1, 0.15) is 40.1 Å². The minimum absolute atomic E-state index is 0.202. The first-order chi connectivity index (χ1) is 12.5. The van der Waals surface area contributed by atoms with Crippen LogP contribution in [0.25, 0.3) is 0 Å². The SMILES string of the molecule is COC(=O)c1c(NC(=S)Nc2ccc(Cl)cc2F)sc2c1CCCCC2. The smallest absolute Gasteiger partial charge is 0.341 e. The number of anilines is 2. The second kappa shape index (κ2) is 8.33. The van der Waals surface area contributed by atoms with Gasteiger partial charge in [-0.2, -0.15) is 0 Å². The average molecular weight is 413 g/mol. The molecule has 0 radical (unpaired) electrons. The fourth-order valence-electron chi connectivity index (χ4n) is 3.00. The molecule has 0 atom stereocenters. The molecule has 0 amide bonds.